The van der Waals surface area contributed by atoms with Crippen LogP contribution in [0.25, 0.3) is 0 Å². The van der Waals surface area contributed by atoms with Gasteiger partial charge in [0.1, 0.15) is 0 Å². The summed E-state index contributed by atoms with van der Waals surface area (Å²) < 4.78 is 0. The third-order valence-electron chi connectivity index (χ3n) is 0. The first-order valence-electron chi connectivity index (χ1n) is 1.10. The maximum atomic E-state index is 8.25. The van der Waals surface area contributed by atoms with E-state index in [0.717, 1.165) is 0 Å². The smallest absolute Gasteiger partial charge is 0.412 e. The second-order valence-electron chi connectivity index (χ2n) is 0.447. The average Bonchev–Trinajstić information content (AvgIpc) is 1.25. The van der Waals surface area contributed by atoms with Gasteiger partial charge in [0, 0.05) is 17.1 Å². The molecule has 0 fully saturated rings. The SMILES string of the molecule is O.O.O=[N+]([O-])[O-].O=[N+]([O-])[O-].[Cu+2].[Cu]. The summed E-state index contributed by atoms with van der Waals surface area (Å²) in [6, 6.07) is 0. The molecule has 0 heterocycles. The van der Waals surface area contributed by atoms with E-state index in [1.807, 2.05) is 0 Å². The number of hydrogen-bond acceptors (Lipinski definition) is 6. The number of rotatable bonds is 0. The number of nitrogens with zero attached hydrogens (tertiary/aromatic N) is 2. The van der Waals surface area contributed by atoms with E-state index in [1.165, 1.54) is 0 Å². The molecular formula is H4Cu2N2O8. The van der Waals surface area contributed by atoms with Crippen molar-refractivity contribution in [3.8, 4) is 0 Å². The third-order valence-corrected chi connectivity index (χ3v) is 0. The van der Waals surface area contributed by atoms with Gasteiger partial charge in [0.25, 0.3) is 0 Å². The molecule has 0 saturated heterocycles. The molecule has 84 valence electrons. The van der Waals surface area contributed by atoms with Gasteiger partial charge >= 0.3 is 17.1 Å². The molecular weight excluding hydrogens is 283 g/mol. The van der Waals surface area contributed by atoms with Crippen LogP contribution in [0.15, 0.2) is 0 Å². The minimum atomic E-state index is -1.75. The normalized spacial score (nSPS) is 4.00. The molecule has 0 aliphatic rings. The Labute approximate surface area is 86.3 Å². The van der Waals surface area contributed by atoms with Crippen LogP contribution in [0.3, 0.4) is 0 Å². The molecule has 0 rings (SSSR count). The Morgan fingerprint density at radius 2 is 0.750 bits per heavy atom. The zero-order chi connectivity index (χ0) is 7.15. The van der Waals surface area contributed by atoms with Crippen molar-refractivity contribution in [2.45, 2.75) is 0 Å². The Morgan fingerprint density at radius 3 is 0.750 bits per heavy atom. The fraction of sp³-hybridized carbons (Fsp3) is 0. The van der Waals surface area contributed by atoms with Gasteiger partial charge in [-0.2, -0.15) is 0 Å². The van der Waals surface area contributed by atoms with Crippen molar-refractivity contribution in [2.24, 2.45) is 0 Å². The molecule has 0 bridgehead atoms. The van der Waals surface area contributed by atoms with Crippen LogP contribution in [-0.2, 0) is 34.1 Å². The molecule has 0 amide bonds. The van der Waals surface area contributed by atoms with Crippen molar-refractivity contribution in [1.82, 2.24) is 0 Å². The van der Waals surface area contributed by atoms with Crippen molar-refractivity contribution in [3.63, 3.8) is 0 Å². The maximum Gasteiger partial charge on any atom is 2.00 e. The minimum absolute atomic E-state index is 0. The number of hydrogen-bond donors (Lipinski definition) is 0. The van der Waals surface area contributed by atoms with Crippen LogP contribution >= 0.6 is 0 Å². The van der Waals surface area contributed by atoms with E-state index < -0.39 is 10.2 Å². The molecule has 0 saturated carbocycles. The van der Waals surface area contributed by atoms with Gasteiger partial charge in [-0.1, -0.05) is 0 Å². The van der Waals surface area contributed by atoms with Crippen LogP contribution in [0.4, 0.5) is 0 Å². The second kappa shape index (κ2) is 31.6. The van der Waals surface area contributed by atoms with Crippen LogP contribution in [-0.4, -0.2) is 21.1 Å². The topological polar surface area (TPSA) is 195 Å². The molecule has 0 aromatic heterocycles. The molecule has 0 aromatic carbocycles. The Balaban J connectivity index is -0.0000000112. The Morgan fingerprint density at radius 1 is 0.750 bits per heavy atom. The summed E-state index contributed by atoms with van der Waals surface area (Å²) >= 11 is 0. The molecule has 12 heavy (non-hydrogen) atoms. The van der Waals surface area contributed by atoms with E-state index >= 15 is 0 Å². The van der Waals surface area contributed by atoms with Crippen LogP contribution in [0.2, 0.25) is 0 Å². The van der Waals surface area contributed by atoms with Gasteiger partial charge in [0.05, 0.1) is 10.2 Å². The van der Waals surface area contributed by atoms with E-state index in [0.29, 0.717) is 0 Å². The van der Waals surface area contributed by atoms with E-state index in [2.05, 4.69) is 0 Å². The van der Waals surface area contributed by atoms with Gasteiger partial charge in [-0.05, 0) is 0 Å². The molecule has 0 unspecified atom stereocenters. The summed E-state index contributed by atoms with van der Waals surface area (Å²) in [6.45, 7) is 0. The van der Waals surface area contributed by atoms with Gasteiger partial charge < -0.3 is 41.6 Å². The van der Waals surface area contributed by atoms with Crippen LogP contribution in [0.5, 0.6) is 0 Å². The van der Waals surface area contributed by atoms with Gasteiger partial charge in [0.2, 0.25) is 0 Å². The standard InChI is InChI=1S/2Cu.2NO3.2H2O/c;;2*2-1(3)4;;/h;;;;2*1H2/q;+2;2*-1;;. The van der Waals surface area contributed by atoms with E-state index in [-0.39, 0.29) is 45.1 Å². The van der Waals surface area contributed by atoms with Crippen LogP contribution < -0.4 is 0 Å². The van der Waals surface area contributed by atoms with E-state index in [9.17, 15) is 0 Å². The molecule has 4 N–H and O–H groups in total. The first-order valence-corrected chi connectivity index (χ1v) is 1.10. The van der Waals surface area contributed by atoms with E-state index in [4.69, 9.17) is 30.6 Å². The molecule has 0 aromatic rings. The van der Waals surface area contributed by atoms with Gasteiger partial charge in [-0.15, -0.1) is 0 Å². The van der Waals surface area contributed by atoms with Crippen LogP contribution in [0.1, 0.15) is 0 Å². The molecule has 0 aliphatic heterocycles. The Hall–Kier alpha value is -0.641. The molecule has 10 nitrogen and oxygen atoms in total. The summed E-state index contributed by atoms with van der Waals surface area (Å²) in [5.74, 6) is 0. The Kier molecular flexibility index (Phi) is 112. The zero-order valence-electron chi connectivity index (χ0n) is 4.95. The average molecular weight is 287 g/mol. The summed E-state index contributed by atoms with van der Waals surface area (Å²) in [5.41, 5.74) is 0. The zero-order valence-corrected chi connectivity index (χ0v) is 6.83. The molecule has 0 aliphatic carbocycles. The molecule has 12 heteroatoms. The summed E-state index contributed by atoms with van der Waals surface area (Å²) in [5, 5.41) is 29.5. The first kappa shape index (κ1) is 42.4. The minimum Gasteiger partial charge on any atom is -0.412 e. The monoisotopic (exact) mass is 286 g/mol. The van der Waals surface area contributed by atoms with E-state index in [1.54, 1.807) is 0 Å². The maximum absolute atomic E-state index is 8.25. The van der Waals surface area contributed by atoms with Gasteiger partial charge in [0.15, 0.2) is 0 Å². The molecule has 2 radical (unpaired) electrons. The fourth-order valence-electron chi connectivity index (χ4n) is 0. The predicted octanol–water partition coefficient (Wildman–Crippen LogP) is -2.13. The second-order valence-corrected chi connectivity index (χ2v) is 0.447. The van der Waals surface area contributed by atoms with Gasteiger partial charge in [-0.25, -0.2) is 0 Å². The van der Waals surface area contributed by atoms with Crippen LogP contribution in [0, 0.1) is 30.6 Å². The van der Waals surface area contributed by atoms with Crippen molar-refractivity contribution < 1.29 is 55.3 Å². The fourth-order valence-corrected chi connectivity index (χ4v) is 0. The summed E-state index contributed by atoms with van der Waals surface area (Å²) in [6.07, 6.45) is 0. The van der Waals surface area contributed by atoms with Crippen molar-refractivity contribution >= 4 is 0 Å². The van der Waals surface area contributed by atoms with Crippen molar-refractivity contribution in [2.75, 3.05) is 0 Å². The quantitative estimate of drug-likeness (QED) is 0.277. The van der Waals surface area contributed by atoms with Gasteiger partial charge in [-0.3, -0.25) is 0 Å². The largest absolute Gasteiger partial charge is 2.00 e. The Bertz CT molecular complexity index is 73.1. The molecule has 0 spiro atoms. The third kappa shape index (κ3) is 1590. The summed E-state index contributed by atoms with van der Waals surface area (Å²) in [7, 11) is 0. The first-order chi connectivity index (χ1) is 3.46. The van der Waals surface area contributed by atoms with Crippen molar-refractivity contribution in [1.29, 1.82) is 0 Å². The molecule has 0 atom stereocenters. The van der Waals surface area contributed by atoms with Crippen molar-refractivity contribution in [3.05, 3.63) is 30.6 Å². The summed E-state index contributed by atoms with van der Waals surface area (Å²) in [4.78, 5) is 16.5. The predicted molar refractivity (Wildman–Crippen MR) is 28.0 cm³/mol.